The molecule has 0 unspecified atom stereocenters. The lowest BCUT2D eigenvalue weighted by atomic mass is 10.2. The fraction of sp³-hybridized carbons (Fsp3) is 0.357. The van der Waals surface area contributed by atoms with Crippen molar-refractivity contribution in [3.05, 3.63) is 47.9 Å². The summed E-state index contributed by atoms with van der Waals surface area (Å²) in [7, 11) is -3.54. The van der Waals surface area contributed by atoms with E-state index < -0.39 is 10.0 Å². The molecular formula is C14H19N3O3S. The second-order valence-corrected chi connectivity index (χ2v) is 6.39. The van der Waals surface area contributed by atoms with E-state index in [2.05, 4.69) is 22.1 Å². The molecule has 0 radical (unpaired) electrons. The van der Waals surface area contributed by atoms with Gasteiger partial charge in [-0.05, 0) is 30.7 Å². The molecule has 1 heterocycles. The third kappa shape index (κ3) is 4.66. The molecule has 114 valence electrons. The zero-order chi connectivity index (χ0) is 15.1. The van der Waals surface area contributed by atoms with Crippen LogP contribution in [0.4, 0.5) is 0 Å². The second-order valence-electron chi connectivity index (χ2n) is 4.62. The van der Waals surface area contributed by atoms with E-state index in [-0.39, 0.29) is 11.4 Å². The normalized spacial score (nSPS) is 11.7. The van der Waals surface area contributed by atoms with Gasteiger partial charge in [0.1, 0.15) is 0 Å². The zero-order valence-corrected chi connectivity index (χ0v) is 12.7. The molecule has 0 fully saturated rings. The summed E-state index contributed by atoms with van der Waals surface area (Å²) in [6.07, 6.45) is 2.54. The topological polar surface area (TPSA) is 84.2 Å². The van der Waals surface area contributed by atoms with Crippen LogP contribution in [0.25, 0.3) is 0 Å². The Balaban J connectivity index is 1.96. The van der Waals surface area contributed by atoms with Gasteiger partial charge in [-0.2, -0.15) is 0 Å². The van der Waals surface area contributed by atoms with Crippen LogP contribution in [0.1, 0.15) is 24.7 Å². The third-order valence-electron chi connectivity index (χ3n) is 2.92. The highest BCUT2D eigenvalue weighted by Gasteiger charge is 2.14. The lowest BCUT2D eigenvalue weighted by Crippen LogP contribution is -2.23. The van der Waals surface area contributed by atoms with Gasteiger partial charge in [-0.3, -0.25) is 0 Å². The highest BCUT2D eigenvalue weighted by Crippen LogP contribution is 2.11. The Kier molecular flexibility index (Phi) is 5.49. The maximum absolute atomic E-state index is 12.1. The van der Waals surface area contributed by atoms with E-state index in [1.54, 1.807) is 18.2 Å². The maximum atomic E-state index is 12.1. The van der Waals surface area contributed by atoms with Crippen molar-refractivity contribution >= 4 is 10.0 Å². The van der Waals surface area contributed by atoms with Crippen LogP contribution in [-0.4, -0.2) is 20.1 Å². The smallest absolute Gasteiger partial charge is 0.240 e. The first kappa shape index (κ1) is 15.7. The number of hydrogen-bond acceptors (Lipinski definition) is 5. The Morgan fingerprint density at radius 1 is 1.14 bits per heavy atom. The van der Waals surface area contributed by atoms with E-state index >= 15 is 0 Å². The Bertz CT molecular complexity index is 637. The van der Waals surface area contributed by atoms with Crippen LogP contribution in [0.3, 0.4) is 0 Å². The van der Waals surface area contributed by atoms with E-state index in [1.807, 2.05) is 12.1 Å². The molecular weight excluding hydrogens is 290 g/mol. The van der Waals surface area contributed by atoms with E-state index in [1.165, 1.54) is 6.20 Å². The molecule has 0 atom stereocenters. The van der Waals surface area contributed by atoms with Crippen LogP contribution in [0.2, 0.25) is 0 Å². The van der Waals surface area contributed by atoms with Crippen molar-refractivity contribution in [2.45, 2.75) is 31.3 Å². The third-order valence-corrected chi connectivity index (χ3v) is 4.33. The van der Waals surface area contributed by atoms with Crippen LogP contribution in [0, 0.1) is 0 Å². The quantitative estimate of drug-likeness (QED) is 0.724. The minimum Gasteiger partial charge on any atom is -0.360 e. The minimum atomic E-state index is -3.54. The van der Waals surface area contributed by atoms with Crippen molar-refractivity contribution in [2.75, 3.05) is 6.54 Å². The van der Waals surface area contributed by atoms with Gasteiger partial charge in [0.05, 0.1) is 17.6 Å². The standard InChI is InChI=1S/C14H19N3O3S/c1-2-8-15-10-12-3-5-14(6-4-12)21(18,19)17-11-13-7-9-16-20-13/h3-7,9,15,17H,2,8,10-11H2,1H3. The summed E-state index contributed by atoms with van der Waals surface area (Å²) in [5.74, 6) is 0.471. The lowest BCUT2D eigenvalue weighted by Gasteiger charge is -2.07. The van der Waals surface area contributed by atoms with Crippen molar-refractivity contribution in [3.63, 3.8) is 0 Å². The predicted molar refractivity (Wildman–Crippen MR) is 79.0 cm³/mol. The van der Waals surface area contributed by atoms with Gasteiger partial charge in [-0.15, -0.1) is 0 Å². The van der Waals surface area contributed by atoms with Crippen LogP contribution < -0.4 is 10.0 Å². The van der Waals surface area contributed by atoms with Gasteiger partial charge >= 0.3 is 0 Å². The molecule has 7 heteroatoms. The molecule has 2 aromatic rings. The van der Waals surface area contributed by atoms with Gasteiger partial charge in [0.2, 0.25) is 10.0 Å². The zero-order valence-electron chi connectivity index (χ0n) is 11.9. The number of hydrogen-bond donors (Lipinski definition) is 2. The molecule has 0 spiro atoms. The van der Waals surface area contributed by atoms with Gasteiger partial charge in [-0.1, -0.05) is 24.2 Å². The van der Waals surface area contributed by atoms with Crippen LogP contribution >= 0.6 is 0 Å². The summed E-state index contributed by atoms with van der Waals surface area (Å²) < 4.78 is 31.5. The molecule has 0 aliphatic rings. The van der Waals surface area contributed by atoms with Crippen molar-refractivity contribution < 1.29 is 12.9 Å². The van der Waals surface area contributed by atoms with Crippen LogP contribution in [0.5, 0.6) is 0 Å². The van der Waals surface area contributed by atoms with Crippen molar-refractivity contribution in [1.29, 1.82) is 0 Å². The number of sulfonamides is 1. The van der Waals surface area contributed by atoms with Crippen LogP contribution in [-0.2, 0) is 23.1 Å². The summed E-state index contributed by atoms with van der Waals surface area (Å²) in [6.45, 7) is 3.86. The fourth-order valence-electron chi connectivity index (χ4n) is 1.78. The molecule has 0 amide bonds. The molecule has 21 heavy (non-hydrogen) atoms. The molecule has 0 bridgehead atoms. The molecule has 0 aliphatic carbocycles. The predicted octanol–water partition coefficient (Wildman–Crippen LogP) is 1.65. The Morgan fingerprint density at radius 3 is 2.52 bits per heavy atom. The van der Waals surface area contributed by atoms with E-state index in [4.69, 9.17) is 4.52 Å². The molecule has 0 aliphatic heterocycles. The molecule has 2 N–H and O–H groups in total. The Hall–Kier alpha value is -1.70. The summed E-state index contributed by atoms with van der Waals surface area (Å²) in [6, 6.07) is 8.44. The molecule has 1 aromatic carbocycles. The first-order valence-electron chi connectivity index (χ1n) is 6.80. The largest absolute Gasteiger partial charge is 0.360 e. The van der Waals surface area contributed by atoms with Crippen molar-refractivity contribution in [2.24, 2.45) is 0 Å². The number of aromatic nitrogens is 1. The number of benzene rings is 1. The molecule has 1 aromatic heterocycles. The SMILES string of the molecule is CCCNCc1ccc(S(=O)(=O)NCc2ccno2)cc1. The summed E-state index contributed by atoms with van der Waals surface area (Å²) in [5.41, 5.74) is 1.05. The van der Waals surface area contributed by atoms with E-state index in [0.717, 1.165) is 25.1 Å². The highest BCUT2D eigenvalue weighted by molar-refractivity contribution is 7.89. The minimum absolute atomic E-state index is 0.0855. The van der Waals surface area contributed by atoms with E-state index in [0.29, 0.717) is 5.76 Å². The molecule has 2 rings (SSSR count). The van der Waals surface area contributed by atoms with Crippen molar-refractivity contribution in [3.8, 4) is 0 Å². The lowest BCUT2D eigenvalue weighted by molar-refractivity contribution is 0.380. The molecule has 6 nitrogen and oxygen atoms in total. The fourth-order valence-corrected chi connectivity index (χ4v) is 2.77. The number of nitrogens with one attached hydrogen (secondary N) is 2. The first-order valence-corrected chi connectivity index (χ1v) is 8.29. The summed E-state index contributed by atoms with van der Waals surface area (Å²) in [5, 5.41) is 6.79. The van der Waals surface area contributed by atoms with Crippen molar-refractivity contribution in [1.82, 2.24) is 15.2 Å². The maximum Gasteiger partial charge on any atom is 0.240 e. The average Bonchev–Trinajstić information content (AvgIpc) is 3.00. The van der Waals surface area contributed by atoms with Gasteiger partial charge in [0.15, 0.2) is 5.76 Å². The highest BCUT2D eigenvalue weighted by atomic mass is 32.2. The van der Waals surface area contributed by atoms with Gasteiger partial charge in [0.25, 0.3) is 0 Å². The summed E-state index contributed by atoms with van der Waals surface area (Å²) in [4.78, 5) is 0.237. The first-order chi connectivity index (χ1) is 10.1. The molecule has 0 saturated carbocycles. The number of nitrogens with zero attached hydrogens (tertiary/aromatic N) is 1. The van der Waals surface area contributed by atoms with E-state index in [9.17, 15) is 8.42 Å². The second kappa shape index (κ2) is 7.35. The average molecular weight is 309 g/mol. The van der Waals surface area contributed by atoms with Gasteiger partial charge in [0, 0.05) is 12.6 Å². The monoisotopic (exact) mass is 309 g/mol. The summed E-state index contributed by atoms with van der Waals surface area (Å²) >= 11 is 0. The van der Waals surface area contributed by atoms with Gasteiger partial charge in [-0.25, -0.2) is 13.1 Å². The Labute approximate surface area is 124 Å². The number of rotatable bonds is 8. The Morgan fingerprint density at radius 2 is 1.90 bits per heavy atom. The molecule has 0 saturated heterocycles. The van der Waals surface area contributed by atoms with Gasteiger partial charge < -0.3 is 9.84 Å². The van der Waals surface area contributed by atoms with Crippen LogP contribution in [0.15, 0.2) is 45.9 Å².